The van der Waals surface area contributed by atoms with Crippen molar-refractivity contribution in [3.63, 3.8) is 0 Å². The SMILES string of the molecule is Cc1cc(N[C@H](C)c2cc3ccccc3o2)c(C#N)c(C)n1. The van der Waals surface area contributed by atoms with E-state index in [1.807, 2.05) is 57.2 Å². The van der Waals surface area contributed by atoms with Gasteiger partial charge in [0.1, 0.15) is 17.4 Å². The van der Waals surface area contributed by atoms with E-state index >= 15 is 0 Å². The van der Waals surface area contributed by atoms with Gasteiger partial charge in [0.2, 0.25) is 0 Å². The van der Waals surface area contributed by atoms with Crippen molar-refractivity contribution in [2.75, 3.05) is 5.32 Å². The molecule has 1 aromatic carbocycles. The maximum Gasteiger partial charge on any atom is 0.134 e. The monoisotopic (exact) mass is 291 g/mol. The van der Waals surface area contributed by atoms with Crippen LogP contribution in [0.15, 0.2) is 40.8 Å². The van der Waals surface area contributed by atoms with Gasteiger partial charge >= 0.3 is 0 Å². The summed E-state index contributed by atoms with van der Waals surface area (Å²) in [6, 6.07) is 14.0. The Labute approximate surface area is 129 Å². The normalized spacial score (nSPS) is 12.1. The highest BCUT2D eigenvalue weighted by Crippen LogP contribution is 2.28. The van der Waals surface area contributed by atoms with Gasteiger partial charge in [-0.05, 0) is 39.0 Å². The summed E-state index contributed by atoms with van der Waals surface area (Å²) in [5, 5.41) is 13.8. The number of hydrogen-bond acceptors (Lipinski definition) is 4. The van der Waals surface area contributed by atoms with E-state index in [9.17, 15) is 5.26 Å². The molecule has 4 heteroatoms. The van der Waals surface area contributed by atoms with E-state index < -0.39 is 0 Å². The van der Waals surface area contributed by atoms with E-state index in [0.717, 1.165) is 33.8 Å². The van der Waals surface area contributed by atoms with E-state index in [0.29, 0.717) is 5.56 Å². The molecular weight excluding hydrogens is 274 g/mol. The van der Waals surface area contributed by atoms with Gasteiger partial charge in [-0.15, -0.1) is 0 Å². The summed E-state index contributed by atoms with van der Waals surface area (Å²) >= 11 is 0. The molecule has 1 atom stereocenters. The van der Waals surface area contributed by atoms with Gasteiger partial charge in [0.15, 0.2) is 0 Å². The fourth-order valence-electron chi connectivity index (χ4n) is 2.60. The molecule has 110 valence electrons. The lowest BCUT2D eigenvalue weighted by Gasteiger charge is -2.15. The summed E-state index contributed by atoms with van der Waals surface area (Å²) < 4.78 is 5.87. The minimum absolute atomic E-state index is 0.0410. The van der Waals surface area contributed by atoms with Crippen LogP contribution in [0.3, 0.4) is 0 Å². The molecule has 0 aliphatic rings. The van der Waals surface area contributed by atoms with E-state index in [4.69, 9.17) is 4.42 Å². The molecule has 0 saturated carbocycles. The Bertz CT molecular complexity index is 841. The number of pyridine rings is 1. The van der Waals surface area contributed by atoms with Crippen LogP contribution in [0.25, 0.3) is 11.0 Å². The van der Waals surface area contributed by atoms with Crippen molar-refractivity contribution in [2.45, 2.75) is 26.8 Å². The smallest absolute Gasteiger partial charge is 0.134 e. The molecule has 4 nitrogen and oxygen atoms in total. The van der Waals surface area contributed by atoms with Gasteiger partial charge < -0.3 is 9.73 Å². The average Bonchev–Trinajstić information content (AvgIpc) is 2.91. The third-order valence-electron chi connectivity index (χ3n) is 3.68. The van der Waals surface area contributed by atoms with Crippen LogP contribution in [0.5, 0.6) is 0 Å². The molecule has 3 rings (SSSR count). The Morgan fingerprint density at radius 2 is 2.00 bits per heavy atom. The van der Waals surface area contributed by atoms with Crippen LogP contribution in [0, 0.1) is 25.2 Å². The van der Waals surface area contributed by atoms with Gasteiger partial charge in [0, 0.05) is 11.1 Å². The lowest BCUT2D eigenvalue weighted by Crippen LogP contribution is -2.08. The van der Waals surface area contributed by atoms with Crippen LogP contribution in [0.2, 0.25) is 0 Å². The quantitative estimate of drug-likeness (QED) is 0.772. The number of para-hydroxylation sites is 1. The number of nitrogens with zero attached hydrogens (tertiary/aromatic N) is 2. The molecule has 3 aromatic rings. The van der Waals surface area contributed by atoms with Crippen LogP contribution < -0.4 is 5.32 Å². The van der Waals surface area contributed by atoms with E-state index in [-0.39, 0.29) is 6.04 Å². The van der Waals surface area contributed by atoms with Crippen molar-refractivity contribution in [2.24, 2.45) is 0 Å². The van der Waals surface area contributed by atoms with Crippen LogP contribution in [-0.4, -0.2) is 4.98 Å². The van der Waals surface area contributed by atoms with Gasteiger partial charge in [-0.3, -0.25) is 4.98 Å². The predicted molar refractivity (Wildman–Crippen MR) is 86.7 cm³/mol. The number of nitriles is 1. The molecular formula is C18H17N3O. The second-order valence-electron chi connectivity index (χ2n) is 5.44. The number of fused-ring (bicyclic) bond motifs is 1. The molecule has 2 aromatic heterocycles. The van der Waals surface area contributed by atoms with Gasteiger partial charge in [-0.2, -0.15) is 5.26 Å². The molecule has 0 bridgehead atoms. The molecule has 0 aliphatic heterocycles. The first-order valence-corrected chi connectivity index (χ1v) is 7.22. The third-order valence-corrected chi connectivity index (χ3v) is 3.68. The largest absolute Gasteiger partial charge is 0.459 e. The number of aryl methyl sites for hydroxylation is 2. The minimum Gasteiger partial charge on any atom is -0.459 e. The molecule has 1 N–H and O–H groups in total. The Morgan fingerprint density at radius 3 is 2.73 bits per heavy atom. The Balaban J connectivity index is 1.94. The lowest BCUT2D eigenvalue weighted by atomic mass is 10.1. The average molecular weight is 291 g/mol. The highest BCUT2D eigenvalue weighted by molar-refractivity contribution is 5.78. The fourth-order valence-corrected chi connectivity index (χ4v) is 2.60. The molecule has 0 aliphatic carbocycles. The van der Waals surface area contributed by atoms with Crippen molar-refractivity contribution < 1.29 is 4.42 Å². The Kier molecular flexibility index (Phi) is 3.56. The first kappa shape index (κ1) is 14.2. The lowest BCUT2D eigenvalue weighted by molar-refractivity contribution is 0.526. The highest BCUT2D eigenvalue weighted by Gasteiger charge is 2.15. The van der Waals surface area contributed by atoms with Crippen LogP contribution in [-0.2, 0) is 0 Å². The molecule has 0 amide bonds. The van der Waals surface area contributed by atoms with Crippen molar-refractivity contribution in [3.05, 3.63) is 59.1 Å². The molecule has 0 spiro atoms. The zero-order chi connectivity index (χ0) is 15.7. The summed E-state index contributed by atoms with van der Waals surface area (Å²) in [5.41, 5.74) is 3.86. The van der Waals surface area contributed by atoms with Gasteiger partial charge in [0.05, 0.1) is 23.0 Å². The standard InChI is InChI=1S/C18H17N3O/c1-11-8-16(15(10-19)12(2)20-11)21-13(3)18-9-14-6-4-5-7-17(14)22-18/h4-9,13H,1-3H3,(H,20,21)/t13-/m1/s1. The first-order valence-electron chi connectivity index (χ1n) is 7.22. The van der Waals surface area contributed by atoms with E-state index in [1.165, 1.54) is 0 Å². The summed E-state index contributed by atoms with van der Waals surface area (Å²) in [7, 11) is 0. The molecule has 2 heterocycles. The fraction of sp³-hybridized carbons (Fsp3) is 0.222. The highest BCUT2D eigenvalue weighted by atomic mass is 16.3. The molecule has 0 unspecified atom stereocenters. The Morgan fingerprint density at radius 1 is 1.23 bits per heavy atom. The van der Waals surface area contributed by atoms with Crippen molar-refractivity contribution in [1.29, 1.82) is 5.26 Å². The zero-order valence-corrected chi connectivity index (χ0v) is 12.8. The number of furan rings is 1. The van der Waals surface area contributed by atoms with Crippen LogP contribution in [0.1, 0.15) is 35.7 Å². The topological polar surface area (TPSA) is 61.9 Å². The molecule has 0 fully saturated rings. The number of benzene rings is 1. The number of nitrogens with one attached hydrogen (secondary N) is 1. The van der Waals surface area contributed by atoms with Crippen molar-refractivity contribution in [3.8, 4) is 6.07 Å². The predicted octanol–water partition coefficient (Wildman–Crippen LogP) is 4.49. The summed E-state index contributed by atoms with van der Waals surface area (Å²) in [6.45, 7) is 5.79. The maximum absolute atomic E-state index is 9.33. The van der Waals surface area contributed by atoms with Gasteiger partial charge in [-0.1, -0.05) is 18.2 Å². The second-order valence-corrected chi connectivity index (χ2v) is 5.44. The summed E-state index contributed by atoms with van der Waals surface area (Å²) in [4.78, 5) is 4.33. The number of aromatic nitrogens is 1. The molecule has 0 radical (unpaired) electrons. The van der Waals surface area contributed by atoms with E-state index in [2.05, 4.69) is 16.4 Å². The molecule has 22 heavy (non-hydrogen) atoms. The van der Waals surface area contributed by atoms with Crippen LogP contribution >= 0.6 is 0 Å². The van der Waals surface area contributed by atoms with E-state index in [1.54, 1.807) is 0 Å². The van der Waals surface area contributed by atoms with Gasteiger partial charge in [0.25, 0.3) is 0 Å². The number of anilines is 1. The third kappa shape index (κ3) is 2.53. The maximum atomic E-state index is 9.33. The second kappa shape index (κ2) is 5.53. The summed E-state index contributed by atoms with van der Waals surface area (Å²) in [6.07, 6.45) is 0. The first-order chi connectivity index (χ1) is 10.6. The van der Waals surface area contributed by atoms with Crippen LogP contribution in [0.4, 0.5) is 5.69 Å². The van der Waals surface area contributed by atoms with Crippen molar-refractivity contribution in [1.82, 2.24) is 4.98 Å². The number of hydrogen-bond donors (Lipinski definition) is 1. The zero-order valence-electron chi connectivity index (χ0n) is 12.8. The summed E-state index contributed by atoms with van der Waals surface area (Å²) in [5.74, 6) is 0.845. The van der Waals surface area contributed by atoms with Crippen molar-refractivity contribution >= 4 is 16.7 Å². The van der Waals surface area contributed by atoms with Gasteiger partial charge in [-0.25, -0.2) is 0 Å². The molecule has 0 saturated heterocycles. The number of rotatable bonds is 3. The Hall–Kier alpha value is -2.80. The minimum atomic E-state index is -0.0410.